The molecule has 0 saturated heterocycles. The lowest BCUT2D eigenvalue weighted by Gasteiger charge is -2.13. The minimum Gasteiger partial charge on any atom is -0.479 e. The molecule has 28 heavy (non-hydrogen) atoms. The molecule has 0 amide bonds. The first-order valence-corrected chi connectivity index (χ1v) is 9.02. The van der Waals surface area contributed by atoms with Gasteiger partial charge >= 0.3 is 5.97 Å². The van der Waals surface area contributed by atoms with Crippen LogP contribution in [0.1, 0.15) is 25.0 Å². The van der Waals surface area contributed by atoms with Gasteiger partial charge in [-0.25, -0.2) is 4.79 Å². The van der Waals surface area contributed by atoms with Crippen molar-refractivity contribution in [2.75, 3.05) is 6.61 Å². The molecule has 0 N–H and O–H groups in total. The van der Waals surface area contributed by atoms with Crippen molar-refractivity contribution in [3.63, 3.8) is 0 Å². The van der Waals surface area contributed by atoms with Gasteiger partial charge in [0.15, 0.2) is 6.10 Å². The lowest BCUT2D eigenvalue weighted by atomic mass is 10.1. The quantitative estimate of drug-likeness (QED) is 0.583. The zero-order valence-corrected chi connectivity index (χ0v) is 16.3. The summed E-state index contributed by atoms with van der Waals surface area (Å²) in [7, 11) is 0. The fourth-order valence-corrected chi connectivity index (χ4v) is 2.87. The topological polar surface area (TPSA) is 75.0 Å². The predicted molar refractivity (Wildman–Crippen MR) is 105 cm³/mol. The van der Waals surface area contributed by atoms with Gasteiger partial charge in [-0.2, -0.15) is 0 Å². The summed E-state index contributed by atoms with van der Waals surface area (Å²) in [6.45, 7) is 7.53. The molecule has 0 saturated carbocycles. The normalized spacial score (nSPS) is 11.9. The molecule has 0 aliphatic rings. The fraction of sp³-hybridized carbons (Fsp3) is 0.273. The van der Waals surface area contributed by atoms with Crippen LogP contribution in [0.5, 0.6) is 17.2 Å². The maximum Gasteiger partial charge on any atom is 0.347 e. The Morgan fingerprint density at radius 3 is 2.46 bits per heavy atom. The van der Waals surface area contributed by atoms with Crippen LogP contribution in [0.15, 0.2) is 51.9 Å². The number of ether oxygens (including phenoxy) is 3. The first kappa shape index (κ1) is 19.5. The standard InChI is InChI=1S/C22H22O6/c1-5-25-22(24)15(4)27-16-6-7-18-19(11-16)26-12-20(21(18)23)28-17-9-13(2)8-14(3)10-17/h6-12,15H,5H2,1-4H3. The first-order chi connectivity index (χ1) is 13.4. The summed E-state index contributed by atoms with van der Waals surface area (Å²) in [6.07, 6.45) is 0.511. The van der Waals surface area contributed by atoms with Crippen molar-refractivity contribution in [1.29, 1.82) is 0 Å². The molecule has 2 aromatic carbocycles. The lowest BCUT2D eigenvalue weighted by Crippen LogP contribution is -2.26. The van der Waals surface area contributed by atoms with Crippen LogP contribution in [-0.2, 0) is 9.53 Å². The average Bonchev–Trinajstić information content (AvgIpc) is 2.63. The maximum atomic E-state index is 12.7. The van der Waals surface area contributed by atoms with Crippen molar-refractivity contribution in [2.45, 2.75) is 33.8 Å². The highest BCUT2D eigenvalue weighted by molar-refractivity contribution is 5.79. The average molecular weight is 382 g/mol. The number of hydrogen-bond acceptors (Lipinski definition) is 6. The first-order valence-electron chi connectivity index (χ1n) is 9.02. The molecule has 6 nitrogen and oxygen atoms in total. The zero-order valence-electron chi connectivity index (χ0n) is 16.3. The highest BCUT2D eigenvalue weighted by Crippen LogP contribution is 2.25. The minimum absolute atomic E-state index is 0.103. The number of fused-ring (bicyclic) bond motifs is 1. The zero-order chi connectivity index (χ0) is 20.3. The molecule has 1 unspecified atom stereocenters. The van der Waals surface area contributed by atoms with Crippen LogP contribution in [0, 0.1) is 13.8 Å². The van der Waals surface area contributed by atoms with Crippen LogP contribution in [0.4, 0.5) is 0 Å². The van der Waals surface area contributed by atoms with Gasteiger partial charge in [0.1, 0.15) is 23.3 Å². The summed E-state index contributed by atoms with van der Waals surface area (Å²) in [6, 6.07) is 10.5. The van der Waals surface area contributed by atoms with E-state index in [9.17, 15) is 9.59 Å². The molecule has 0 bridgehead atoms. The van der Waals surface area contributed by atoms with Crippen molar-refractivity contribution in [3.8, 4) is 17.2 Å². The van der Waals surface area contributed by atoms with Gasteiger partial charge in [-0.3, -0.25) is 4.79 Å². The molecule has 6 heteroatoms. The summed E-state index contributed by atoms with van der Waals surface area (Å²) < 4.78 is 21.8. The van der Waals surface area contributed by atoms with Crippen LogP contribution < -0.4 is 14.9 Å². The van der Waals surface area contributed by atoms with Crippen molar-refractivity contribution in [3.05, 3.63) is 64.0 Å². The van der Waals surface area contributed by atoms with Gasteiger partial charge in [-0.15, -0.1) is 0 Å². The Morgan fingerprint density at radius 2 is 1.79 bits per heavy atom. The molecule has 3 rings (SSSR count). The van der Waals surface area contributed by atoms with Gasteiger partial charge in [0.25, 0.3) is 0 Å². The molecular weight excluding hydrogens is 360 g/mol. The molecule has 1 atom stereocenters. The third-order valence-electron chi connectivity index (χ3n) is 4.07. The van der Waals surface area contributed by atoms with E-state index in [1.807, 2.05) is 32.0 Å². The van der Waals surface area contributed by atoms with E-state index in [1.165, 1.54) is 6.26 Å². The molecular formula is C22H22O6. The van der Waals surface area contributed by atoms with Gasteiger partial charge in [0.2, 0.25) is 11.2 Å². The molecule has 0 spiro atoms. The molecule has 3 aromatic rings. The summed E-state index contributed by atoms with van der Waals surface area (Å²) in [5.41, 5.74) is 2.13. The van der Waals surface area contributed by atoms with E-state index < -0.39 is 12.1 Å². The Labute approximate surface area is 162 Å². The number of carbonyl (C=O) groups is 1. The fourth-order valence-electron chi connectivity index (χ4n) is 2.87. The van der Waals surface area contributed by atoms with Crippen LogP contribution in [-0.4, -0.2) is 18.7 Å². The van der Waals surface area contributed by atoms with Gasteiger partial charge in [0, 0.05) is 6.07 Å². The summed E-state index contributed by atoms with van der Waals surface area (Å²) >= 11 is 0. The Balaban J connectivity index is 1.86. The van der Waals surface area contributed by atoms with Gasteiger partial charge < -0.3 is 18.6 Å². The lowest BCUT2D eigenvalue weighted by molar-refractivity contribution is -0.150. The third-order valence-corrected chi connectivity index (χ3v) is 4.07. The van der Waals surface area contributed by atoms with Gasteiger partial charge in [-0.1, -0.05) is 6.07 Å². The molecule has 0 fully saturated rings. The number of carbonyl (C=O) groups excluding carboxylic acids is 1. The number of esters is 1. The Morgan fingerprint density at radius 1 is 1.07 bits per heavy atom. The summed E-state index contributed by atoms with van der Waals surface area (Å²) in [5.74, 6) is 0.624. The molecule has 0 aliphatic carbocycles. The van der Waals surface area contributed by atoms with Crippen molar-refractivity contribution in [1.82, 2.24) is 0 Å². The second-order valence-corrected chi connectivity index (χ2v) is 6.52. The van der Waals surface area contributed by atoms with Crippen molar-refractivity contribution in [2.24, 2.45) is 0 Å². The predicted octanol–water partition coefficient (Wildman–Crippen LogP) is 4.53. The van der Waals surface area contributed by atoms with E-state index in [-0.39, 0.29) is 17.8 Å². The Hall–Kier alpha value is -3.28. The van der Waals surface area contributed by atoms with Crippen molar-refractivity contribution < 1.29 is 23.4 Å². The van der Waals surface area contributed by atoms with Gasteiger partial charge in [0.05, 0.1) is 12.0 Å². The monoisotopic (exact) mass is 382 g/mol. The van der Waals surface area contributed by atoms with E-state index in [2.05, 4.69) is 0 Å². The smallest absolute Gasteiger partial charge is 0.347 e. The summed E-state index contributed by atoms with van der Waals surface area (Å²) in [5, 5.41) is 0.359. The van der Waals surface area contributed by atoms with Crippen LogP contribution in [0.3, 0.4) is 0 Å². The highest BCUT2D eigenvalue weighted by atomic mass is 16.6. The Kier molecular flexibility index (Phi) is 5.68. The molecule has 1 aromatic heterocycles. The van der Waals surface area contributed by atoms with Crippen LogP contribution in [0.2, 0.25) is 0 Å². The number of benzene rings is 2. The number of hydrogen-bond donors (Lipinski definition) is 0. The second kappa shape index (κ2) is 8.17. The maximum absolute atomic E-state index is 12.7. The molecule has 1 heterocycles. The third kappa shape index (κ3) is 4.34. The SMILES string of the molecule is CCOC(=O)C(C)Oc1ccc2c(=O)c(Oc3cc(C)cc(C)c3)coc2c1. The minimum atomic E-state index is -0.767. The highest BCUT2D eigenvalue weighted by Gasteiger charge is 2.17. The van der Waals surface area contributed by atoms with Gasteiger partial charge in [-0.05, 0) is 63.1 Å². The van der Waals surface area contributed by atoms with E-state index in [0.29, 0.717) is 22.5 Å². The summed E-state index contributed by atoms with van der Waals surface area (Å²) in [4.78, 5) is 24.4. The molecule has 0 aliphatic heterocycles. The van der Waals surface area contributed by atoms with Crippen LogP contribution >= 0.6 is 0 Å². The molecule has 0 radical (unpaired) electrons. The van der Waals surface area contributed by atoms with E-state index >= 15 is 0 Å². The second-order valence-electron chi connectivity index (χ2n) is 6.52. The Bertz CT molecular complexity index is 1050. The molecule has 146 valence electrons. The van der Waals surface area contributed by atoms with E-state index in [1.54, 1.807) is 32.0 Å². The van der Waals surface area contributed by atoms with Crippen molar-refractivity contribution >= 4 is 16.9 Å². The van der Waals surface area contributed by atoms with E-state index in [0.717, 1.165) is 11.1 Å². The number of rotatable bonds is 6. The number of aryl methyl sites for hydroxylation is 2. The van der Waals surface area contributed by atoms with Crippen LogP contribution in [0.25, 0.3) is 11.0 Å². The largest absolute Gasteiger partial charge is 0.479 e. The van der Waals surface area contributed by atoms with E-state index in [4.69, 9.17) is 18.6 Å².